The monoisotopic (exact) mass is 178 g/mol. The van der Waals surface area contributed by atoms with E-state index in [2.05, 4.69) is 19.1 Å². The Kier molecular flexibility index (Phi) is 4.52. The molecule has 1 heteroatoms. The minimum Gasteiger partial charge on any atom is -0.298 e. The lowest BCUT2D eigenvalue weighted by Crippen LogP contribution is -1.81. The van der Waals surface area contributed by atoms with Crippen LogP contribution in [0.3, 0.4) is 0 Å². The van der Waals surface area contributed by atoms with Crippen molar-refractivity contribution in [2.75, 3.05) is 0 Å². The Labute approximate surface area is 80.5 Å². The second-order valence-corrected chi connectivity index (χ2v) is 3.57. The van der Waals surface area contributed by atoms with Crippen LogP contribution in [0, 0.1) is 0 Å². The van der Waals surface area contributed by atoms with Crippen molar-refractivity contribution in [3.8, 4) is 0 Å². The molecule has 0 heterocycles. The summed E-state index contributed by atoms with van der Waals surface area (Å²) in [5.74, 6) is 0. The number of aldehydes is 1. The number of hydrogen-bond donors (Lipinski definition) is 0. The molecule has 0 unspecified atom stereocenters. The third-order valence-corrected chi connectivity index (χ3v) is 2.49. The van der Waals surface area contributed by atoms with E-state index >= 15 is 0 Å². The fraction of sp³-hybridized carbons (Fsp3) is 0.583. The van der Waals surface area contributed by atoms with Crippen molar-refractivity contribution in [1.82, 2.24) is 0 Å². The first kappa shape index (κ1) is 10.2. The summed E-state index contributed by atoms with van der Waals surface area (Å²) < 4.78 is 0. The highest BCUT2D eigenvalue weighted by Crippen LogP contribution is 2.25. The molecule has 1 rings (SSSR count). The number of carbonyl (C=O) groups excluding carboxylic acids is 1. The van der Waals surface area contributed by atoms with Gasteiger partial charge < -0.3 is 0 Å². The quantitative estimate of drug-likeness (QED) is 0.465. The molecule has 1 aliphatic carbocycles. The van der Waals surface area contributed by atoms with E-state index in [1.54, 1.807) is 0 Å². The molecular formula is C12H18O. The summed E-state index contributed by atoms with van der Waals surface area (Å²) in [6, 6.07) is 0. The summed E-state index contributed by atoms with van der Waals surface area (Å²) in [4.78, 5) is 10.6. The maximum atomic E-state index is 10.6. The van der Waals surface area contributed by atoms with Gasteiger partial charge in [0.25, 0.3) is 0 Å². The van der Waals surface area contributed by atoms with Crippen molar-refractivity contribution < 1.29 is 4.79 Å². The van der Waals surface area contributed by atoms with Gasteiger partial charge in [0.15, 0.2) is 0 Å². The van der Waals surface area contributed by atoms with Crippen LogP contribution in [0.1, 0.15) is 45.4 Å². The second-order valence-electron chi connectivity index (χ2n) is 3.57. The molecule has 0 saturated heterocycles. The molecule has 1 aliphatic rings. The summed E-state index contributed by atoms with van der Waals surface area (Å²) in [5, 5.41) is 0. The third-order valence-electron chi connectivity index (χ3n) is 2.49. The molecule has 0 spiro atoms. The van der Waals surface area contributed by atoms with Gasteiger partial charge in [0, 0.05) is 0 Å². The van der Waals surface area contributed by atoms with Crippen LogP contribution in [0.25, 0.3) is 0 Å². The number of allylic oxidation sites excluding steroid dienone is 4. The average molecular weight is 178 g/mol. The fourth-order valence-corrected chi connectivity index (χ4v) is 1.66. The number of carbonyl (C=O) groups is 1. The molecule has 0 saturated carbocycles. The molecule has 72 valence electrons. The van der Waals surface area contributed by atoms with Gasteiger partial charge in [0.05, 0.1) is 0 Å². The van der Waals surface area contributed by atoms with Crippen LogP contribution < -0.4 is 0 Å². The second kappa shape index (κ2) is 5.74. The lowest BCUT2D eigenvalue weighted by molar-refractivity contribution is -0.105. The smallest absolute Gasteiger partial charge is 0.146 e. The molecule has 0 amide bonds. The number of unbranched alkanes of at least 4 members (excludes halogenated alkanes) is 2. The third kappa shape index (κ3) is 3.17. The Morgan fingerprint density at radius 3 is 2.77 bits per heavy atom. The van der Waals surface area contributed by atoms with Gasteiger partial charge in [-0.15, -0.1) is 0 Å². The molecule has 0 aliphatic heterocycles. The minimum atomic E-state index is 0.983. The molecule has 0 fully saturated rings. The zero-order valence-electron chi connectivity index (χ0n) is 8.38. The van der Waals surface area contributed by atoms with Crippen molar-refractivity contribution in [2.45, 2.75) is 45.4 Å². The molecule has 13 heavy (non-hydrogen) atoms. The van der Waals surface area contributed by atoms with Crippen molar-refractivity contribution in [3.05, 3.63) is 23.3 Å². The van der Waals surface area contributed by atoms with E-state index in [1.165, 1.54) is 18.4 Å². The standard InChI is InChI=1S/C12H18O/c1-2-3-4-5-7-11-8-6-9-12(11)10-13/h5,7,10H,2-4,6,8-9H2,1H3/b7-5+. The predicted octanol–water partition coefficient (Wildman–Crippen LogP) is 3.41. The van der Waals surface area contributed by atoms with Gasteiger partial charge in [0.2, 0.25) is 0 Å². The van der Waals surface area contributed by atoms with Crippen molar-refractivity contribution in [1.29, 1.82) is 0 Å². The normalized spacial score (nSPS) is 17.3. The fourth-order valence-electron chi connectivity index (χ4n) is 1.66. The van der Waals surface area contributed by atoms with E-state index < -0.39 is 0 Å². The SMILES string of the molecule is CCCC/C=C/C1=C(C=O)CCC1. The van der Waals surface area contributed by atoms with Gasteiger partial charge in [-0.25, -0.2) is 0 Å². The van der Waals surface area contributed by atoms with E-state index in [-0.39, 0.29) is 0 Å². The highest BCUT2D eigenvalue weighted by atomic mass is 16.1. The molecule has 0 atom stereocenters. The van der Waals surface area contributed by atoms with Crippen molar-refractivity contribution in [3.63, 3.8) is 0 Å². The summed E-state index contributed by atoms with van der Waals surface area (Å²) in [7, 11) is 0. The first-order valence-corrected chi connectivity index (χ1v) is 5.22. The van der Waals surface area contributed by atoms with E-state index in [9.17, 15) is 4.79 Å². The van der Waals surface area contributed by atoms with Crippen LogP contribution in [-0.2, 0) is 4.79 Å². The van der Waals surface area contributed by atoms with Gasteiger partial charge in [-0.1, -0.05) is 31.9 Å². The van der Waals surface area contributed by atoms with Gasteiger partial charge in [0.1, 0.15) is 6.29 Å². The number of hydrogen-bond acceptors (Lipinski definition) is 1. The number of rotatable bonds is 5. The first-order chi connectivity index (χ1) is 6.38. The lowest BCUT2D eigenvalue weighted by Gasteiger charge is -1.94. The van der Waals surface area contributed by atoms with Gasteiger partial charge in [-0.3, -0.25) is 4.79 Å². The van der Waals surface area contributed by atoms with E-state index in [0.29, 0.717) is 0 Å². The molecule has 0 N–H and O–H groups in total. The van der Waals surface area contributed by atoms with E-state index in [4.69, 9.17) is 0 Å². The zero-order chi connectivity index (χ0) is 9.52. The Bertz CT molecular complexity index is 223. The Morgan fingerprint density at radius 2 is 2.08 bits per heavy atom. The highest BCUT2D eigenvalue weighted by molar-refractivity contribution is 5.76. The molecule has 0 radical (unpaired) electrons. The zero-order valence-corrected chi connectivity index (χ0v) is 8.38. The molecule has 0 aromatic rings. The van der Waals surface area contributed by atoms with E-state index in [0.717, 1.165) is 37.5 Å². The van der Waals surface area contributed by atoms with Gasteiger partial charge >= 0.3 is 0 Å². The van der Waals surface area contributed by atoms with Crippen molar-refractivity contribution in [2.24, 2.45) is 0 Å². The van der Waals surface area contributed by atoms with Crippen LogP contribution in [0.2, 0.25) is 0 Å². The molecular weight excluding hydrogens is 160 g/mol. The highest BCUT2D eigenvalue weighted by Gasteiger charge is 2.10. The lowest BCUT2D eigenvalue weighted by atomic mass is 10.1. The summed E-state index contributed by atoms with van der Waals surface area (Å²) >= 11 is 0. The Balaban J connectivity index is 2.42. The largest absolute Gasteiger partial charge is 0.298 e. The predicted molar refractivity (Wildman–Crippen MR) is 55.6 cm³/mol. The van der Waals surface area contributed by atoms with Crippen LogP contribution >= 0.6 is 0 Å². The van der Waals surface area contributed by atoms with Crippen LogP contribution in [0.15, 0.2) is 23.3 Å². The Hall–Kier alpha value is -0.850. The first-order valence-electron chi connectivity index (χ1n) is 5.22. The topological polar surface area (TPSA) is 17.1 Å². The minimum absolute atomic E-state index is 0.983. The van der Waals surface area contributed by atoms with Crippen LogP contribution in [-0.4, -0.2) is 6.29 Å². The average Bonchev–Trinajstić information content (AvgIpc) is 2.60. The van der Waals surface area contributed by atoms with Crippen LogP contribution in [0.4, 0.5) is 0 Å². The molecule has 0 aromatic carbocycles. The molecule has 0 aromatic heterocycles. The van der Waals surface area contributed by atoms with E-state index in [1.807, 2.05) is 0 Å². The molecule has 1 nitrogen and oxygen atoms in total. The molecule has 0 bridgehead atoms. The van der Waals surface area contributed by atoms with Crippen LogP contribution in [0.5, 0.6) is 0 Å². The van der Waals surface area contributed by atoms with Gasteiger partial charge in [-0.2, -0.15) is 0 Å². The Morgan fingerprint density at radius 1 is 1.31 bits per heavy atom. The summed E-state index contributed by atoms with van der Waals surface area (Å²) in [6.45, 7) is 2.19. The summed E-state index contributed by atoms with van der Waals surface area (Å²) in [6.07, 6.45) is 12.2. The van der Waals surface area contributed by atoms with Crippen molar-refractivity contribution >= 4 is 6.29 Å². The maximum absolute atomic E-state index is 10.6. The summed E-state index contributed by atoms with van der Waals surface area (Å²) in [5.41, 5.74) is 2.29. The van der Waals surface area contributed by atoms with Gasteiger partial charge in [-0.05, 0) is 36.8 Å². The maximum Gasteiger partial charge on any atom is 0.146 e.